The van der Waals surface area contributed by atoms with Crippen LogP contribution in [0.25, 0.3) is 0 Å². The molecule has 5 heteroatoms. The van der Waals surface area contributed by atoms with Crippen LogP contribution in [0.5, 0.6) is 0 Å². The van der Waals surface area contributed by atoms with Crippen molar-refractivity contribution in [2.75, 3.05) is 32.8 Å². The van der Waals surface area contributed by atoms with Gasteiger partial charge in [0.25, 0.3) is 0 Å². The van der Waals surface area contributed by atoms with Crippen molar-refractivity contribution in [3.63, 3.8) is 0 Å². The molecule has 1 saturated heterocycles. The molecule has 1 aliphatic heterocycles. The fraction of sp³-hybridized carbons (Fsp3) is 0.800. The Labute approximate surface area is 122 Å². The van der Waals surface area contributed by atoms with Crippen LogP contribution in [0.2, 0.25) is 0 Å². The Balaban J connectivity index is 1.87. The number of aromatic nitrogens is 2. The highest BCUT2D eigenvalue weighted by Crippen LogP contribution is 2.14. The van der Waals surface area contributed by atoms with Crippen molar-refractivity contribution in [1.29, 1.82) is 0 Å². The minimum Gasteiger partial charge on any atom is -0.395 e. The van der Waals surface area contributed by atoms with Crippen molar-refractivity contribution >= 4 is 0 Å². The summed E-state index contributed by atoms with van der Waals surface area (Å²) in [5, 5.41) is 9.38. The second-order valence-electron chi connectivity index (χ2n) is 5.90. The van der Waals surface area contributed by atoms with Gasteiger partial charge < -0.3 is 9.67 Å². The molecule has 0 aromatic carbocycles. The topological polar surface area (TPSA) is 44.5 Å². The minimum atomic E-state index is 0.272. The predicted octanol–water partition coefficient (Wildman–Crippen LogP) is 1.35. The smallest absolute Gasteiger partial charge is 0.123 e. The molecule has 0 spiro atoms. The number of imidazole rings is 1. The molecule has 2 heterocycles. The van der Waals surface area contributed by atoms with Gasteiger partial charge in [-0.3, -0.25) is 9.80 Å². The van der Waals surface area contributed by atoms with Gasteiger partial charge >= 0.3 is 0 Å². The molecule has 1 aromatic heterocycles. The molecule has 0 radical (unpaired) electrons. The molecule has 1 aliphatic rings. The summed E-state index contributed by atoms with van der Waals surface area (Å²) in [6, 6.07) is 0.794. The molecule has 0 bridgehead atoms. The molecule has 2 rings (SSSR count). The third-order valence-electron chi connectivity index (χ3n) is 4.28. The summed E-state index contributed by atoms with van der Waals surface area (Å²) in [7, 11) is 0. The molecule has 0 amide bonds. The zero-order chi connectivity index (χ0) is 14.5. The number of aliphatic hydroxyl groups excluding tert-OH is 1. The molecule has 1 unspecified atom stereocenters. The second kappa shape index (κ2) is 7.20. The largest absolute Gasteiger partial charge is 0.395 e. The molecule has 0 saturated carbocycles. The van der Waals surface area contributed by atoms with E-state index in [0.717, 1.165) is 45.0 Å². The third-order valence-corrected chi connectivity index (χ3v) is 4.28. The highest BCUT2D eigenvalue weighted by atomic mass is 16.3. The van der Waals surface area contributed by atoms with Crippen molar-refractivity contribution in [2.24, 2.45) is 0 Å². The Morgan fingerprint density at radius 2 is 1.95 bits per heavy atom. The van der Waals surface area contributed by atoms with E-state index in [4.69, 9.17) is 0 Å². The number of aliphatic hydroxyl groups is 1. The van der Waals surface area contributed by atoms with Gasteiger partial charge in [-0.15, -0.1) is 0 Å². The van der Waals surface area contributed by atoms with Crippen molar-refractivity contribution < 1.29 is 5.11 Å². The predicted molar refractivity (Wildman–Crippen MR) is 80.6 cm³/mol. The van der Waals surface area contributed by atoms with Crippen molar-refractivity contribution in [2.45, 2.75) is 45.8 Å². The first-order valence-electron chi connectivity index (χ1n) is 7.74. The van der Waals surface area contributed by atoms with E-state index in [1.807, 2.05) is 6.20 Å². The molecule has 1 atom stereocenters. The summed E-state index contributed by atoms with van der Waals surface area (Å²) < 4.78 is 2.24. The quantitative estimate of drug-likeness (QED) is 0.854. The van der Waals surface area contributed by atoms with E-state index in [-0.39, 0.29) is 6.61 Å². The molecule has 0 aliphatic carbocycles. The molecule has 1 fully saturated rings. The molecule has 1 N–H and O–H groups in total. The van der Waals surface area contributed by atoms with Crippen molar-refractivity contribution in [1.82, 2.24) is 19.4 Å². The molecular weight excluding hydrogens is 252 g/mol. The Morgan fingerprint density at radius 3 is 2.50 bits per heavy atom. The fourth-order valence-corrected chi connectivity index (χ4v) is 2.93. The maximum atomic E-state index is 9.38. The summed E-state index contributed by atoms with van der Waals surface area (Å²) in [6.45, 7) is 11.9. The van der Waals surface area contributed by atoms with E-state index in [0.29, 0.717) is 12.1 Å². The van der Waals surface area contributed by atoms with Crippen LogP contribution < -0.4 is 0 Å². The van der Waals surface area contributed by atoms with Crippen LogP contribution in [0, 0.1) is 0 Å². The second-order valence-corrected chi connectivity index (χ2v) is 5.90. The monoisotopic (exact) mass is 280 g/mol. The first-order valence-corrected chi connectivity index (χ1v) is 7.74. The van der Waals surface area contributed by atoms with E-state index in [1.54, 1.807) is 0 Å². The number of nitrogens with zero attached hydrogens (tertiary/aromatic N) is 4. The molecule has 5 nitrogen and oxygen atoms in total. The van der Waals surface area contributed by atoms with Gasteiger partial charge in [-0.25, -0.2) is 4.98 Å². The van der Waals surface area contributed by atoms with Crippen LogP contribution in [0.3, 0.4) is 0 Å². The maximum Gasteiger partial charge on any atom is 0.123 e. The van der Waals surface area contributed by atoms with Gasteiger partial charge in [-0.1, -0.05) is 6.92 Å². The summed E-state index contributed by atoms with van der Waals surface area (Å²) in [5.41, 5.74) is 0. The van der Waals surface area contributed by atoms with Crippen LogP contribution in [-0.4, -0.2) is 63.3 Å². The number of piperazine rings is 1. The van der Waals surface area contributed by atoms with E-state index in [2.05, 4.69) is 46.3 Å². The highest BCUT2D eigenvalue weighted by molar-refractivity contribution is 4.95. The Morgan fingerprint density at radius 1 is 1.25 bits per heavy atom. The molecular formula is C15H28N4O. The lowest BCUT2D eigenvalue weighted by Crippen LogP contribution is -2.51. The third kappa shape index (κ3) is 3.59. The lowest BCUT2D eigenvalue weighted by Gasteiger charge is -2.38. The molecule has 1 aromatic rings. The van der Waals surface area contributed by atoms with Gasteiger partial charge in [-0.2, -0.15) is 0 Å². The summed E-state index contributed by atoms with van der Waals surface area (Å²) in [6.07, 6.45) is 4.98. The lowest BCUT2D eigenvalue weighted by atomic mass is 10.1. The molecule has 20 heavy (non-hydrogen) atoms. The average molecular weight is 280 g/mol. The Kier molecular flexibility index (Phi) is 5.57. The first-order chi connectivity index (χ1) is 9.65. The SMILES string of the molecule is CCC(CO)N1CCN(Cc2nccn2C(C)C)CC1. The average Bonchev–Trinajstić information content (AvgIpc) is 2.90. The van der Waals surface area contributed by atoms with Gasteiger partial charge in [0.15, 0.2) is 0 Å². The van der Waals surface area contributed by atoms with Crippen molar-refractivity contribution in [3.05, 3.63) is 18.2 Å². The minimum absolute atomic E-state index is 0.272. The maximum absolute atomic E-state index is 9.38. The number of hydrogen-bond donors (Lipinski definition) is 1. The lowest BCUT2D eigenvalue weighted by molar-refractivity contribution is 0.0593. The number of hydrogen-bond acceptors (Lipinski definition) is 4. The van der Waals surface area contributed by atoms with Crippen molar-refractivity contribution in [3.8, 4) is 0 Å². The van der Waals surface area contributed by atoms with Crippen LogP contribution in [-0.2, 0) is 6.54 Å². The van der Waals surface area contributed by atoms with Crippen LogP contribution in [0.1, 0.15) is 39.1 Å². The first kappa shape index (κ1) is 15.5. The summed E-state index contributed by atoms with van der Waals surface area (Å²) in [4.78, 5) is 9.35. The van der Waals surface area contributed by atoms with Gasteiger partial charge in [-0.05, 0) is 20.3 Å². The highest BCUT2D eigenvalue weighted by Gasteiger charge is 2.23. The summed E-state index contributed by atoms with van der Waals surface area (Å²) >= 11 is 0. The Bertz CT molecular complexity index is 392. The fourth-order valence-electron chi connectivity index (χ4n) is 2.93. The van der Waals surface area contributed by atoms with Crippen LogP contribution in [0.15, 0.2) is 12.4 Å². The standard InChI is InChI=1S/C15H28N4O/c1-4-14(12-20)18-9-7-17(8-10-18)11-15-16-5-6-19(15)13(2)3/h5-6,13-14,20H,4,7-12H2,1-3H3. The van der Waals surface area contributed by atoms with Gasteiger partial charge in [0.2, 0.25) is 0 Å². The van der Waals surface area contributed by atoms with Crippen LogP contribution >= 0.6 is 0 Å². The van der Waals surface area contributed by atoms with Gasteiger partial charge in [0.05, 0.1) is 13.2 Å². The normalized spacial score (nSPS) is 19.6. The zero-order valence-corrected chi connectivity index (χ0v) is 13.0. The van der Waals surface area contributed by atoms with E-state index >= 15 is 0 Å². The van der Waals surface area contributed by atoms with Gasteiger partial charge in [0.1, 0.15) is 5.82 Å². The summed E-state index contributed by atoms with van der Waals surface area (Å²) in [5.74, 6) is 1.16. The molecule has 114 valence electrons. The Hall–Kier alpha value is -0.910. The van der Waals surface area contributed by atoms with E-state index in [9.17, 15) is 5.11 Å². The number of rotatable bonds is 6. The zero-order valence-electron chi connectivity index (χ0n) is 13.0. The van der Waals surface area contributed by atoms with Gasteiger partial charge in [0, 0.05) is 50.7 Å². The van der Waals surface area contributed by atoms with E-state index in [1.165, 1.54) is 0 Å². The van der Waals surface area contributed by atoms with Crippen LogP contribution in [0.4, 0.5) is 0 Å². The van der Waals surface area contributed by atoms with E-state index < -0.39 is 0 Å².